The topological polar surface area (TPSA) is 127 Å². The van der Waals surface area contributed by atoms with E-state index in [1.165, 1.54) is 30.3 Å². The number of nitrogens with zero attached hydrogens (tertiary/aromatic N) is 2. The normalized spacial score (nSPS) is 12.0. The van der Waals surface area contributed by atoms with Gasteiger partial charge in [0.1, 0.15) is 11.6 Å². The summed E-state index contributed by atoms with van der Waals surface area (Å²) in [7, 11) is -3.90. The molecule has 1 aromatic heterocycles. The molecule has 0 bridgehead atoms. The van der Waals surface area contributed by atoms with E-state index in [0.29, 0.717) is 35.6 Å². The molecule has 2 N–H and O–H groups in total. The Bertz CT molecular complexity index is 1370. The monoisotopic (exact) mass is 524 g/mol. The Labute approximate surface area is 217 Å². The molecule has 0 saturated carbocycles. The van der Waals surface area contributed by atoms with Gasteiger partial charge in [-0.05, 0) is 88.1 Å². The third-order valence-corrected chi connectivity index (χ3v) is 7.11. The Hall–Kier alpha value is -3.79. The van der Waals surface area contributed by atoms with E-state index in [9.17, 15) is 18.0 Å². The van der Waals surface area contributed by atoms with E-state index in [0.717, 1.165) is 17.5 Å². The van der Waals surface area contributed by atoms with E-state index in [4.69, 9.17) is 4.74 Å². The van der Waals surface area contributed by atoms with Crippen LogP contribution >= 0.6 is 0 Å². The predicted octanol–water partition coefficient (Wildman–Crippen LogP) is 4.87. The van der Waals surface area contributed by atoms with Crippen molar-refractivity contribution in [1.82, 2.24) is 9.97 Å². The van der Waals surface area contributed by atoms with Crippen molar-refractivity contribution in [3.63, 3.8) is 0 Å². The Morgan fingerprint density at radius 2 is 1.65 bits per heavy atom. The Morgan fingerprint density at radius 3 is 2.27 bits per heavy atom. The molecule has 1 unspecified atom stereocenters. The fourth-order valence-electron chi connectivity index (χ4n) is 3.60. The number of sulfonamides is 1. The Morgan fingerprint density at radius 1 is 0.946 bits per heavy atom. The van der Waals surface area contributed by atoms with Crippen LogP contribution < -0.4 is 10.0 Å². The highest BCUT2D eigenvalue weighted by Crippen LogP contribution is 2.19. The number of benzene rings is 2. The standard InChI is InChI=1S/C27H32N4O5S/c1-6-7-8-24(36-27(33)21-10-9-17(2)18(3)15-21)26(32)30-22-11-13-23(14-12-22)37(34,35)31-25-16-19(4)28-20(5)29-25/h9-16,24H,6-8H2,1-5H3,(H,30,32)(H,28,29,31). The van der Waals surface area contributed by atoms with Crippen molar-refractivity contribution < 1.29 is 22.7 Å². The van der Waals surface area contributed by atoms with Gasteiger partial charge in [-0.1, -0.05) is 19.4 Å². The summed E-state index contributed by atoms with van der Waals surface area (Å²) in [4.78, 5) is 33.9. The van der Waals surface area contributed by atoms with Gasteiger partial charge in [-0.2, -0.15) is 0 Å². The fraction of sp³-hybridized carbons (Fsp3) is 0.333. The maximum atomic E-state index is 13.0. The van der Waals surface area contributed by atoms with Crippen LogP contribution in [0.2, 0.25) is 0 Å². The third-order valence-electron chi connectivity index (χ3n) is 5.74. The van der Waals surface area contributed by atoms with E-state index in [-0.39, 0.29) is 10.7 Å². The van der Waals surface area contributed by atoms with E-state index in [1.54, 1.807) is 26.0 Å². The highest BCUT2D eigenvalue weighted by molar-refractivity contribution is 7.92. The van der Waals surface area contributed by atoms with Gasteiger partial charge in [0, 0.05) is 17.4 Å². The number of ether oxygens (including phenoxy) is 1. The largest absolute Gasteiger partial charge is 0.449 e. The molecular formula is C27H32N4O5S. The highest BCUT2D eigenvalue weighted by atomic mass is 32.2. The van der Waals surface area contributed by atoms with E-state index in [1.807, 2.05) is 26.8 Å². The molecule has 0 fully saturated rings. The van der Waals surface area contributed by atoms with Crippen LogP contribution in [0.5, 0.6) is 0 Å². The number of carbonyl (C=O) groups excluding carboxylic acids is 2. The minimum atomic E-state index is -3.90. The van der Waals surface area contributed by atoms with Crippen LogP contribution in [0.25, 0.3) is 0 Å². The van der Waals surface area contributed by atoms with Crippen molar-refractivity contribution in [3.05, 3.63) is 76.7 Å². The van der Waals surface area contributed by atoms with Crippen LogP contribution in [0.1, 0.15) is 59.2 Å². The van der Waals surface area contributed by atoms with Crippen LogP contribution in [0, 0.1) is 27.7 Å². The first kappa shape index (κ1) is 27.8. The molecule has 0 radical (unpaired) electrons. The van der Waals surface area contributed by atoms with Gasteiger partial charge >= 0.3 is 5.97 Å². The first-order chi connectivity index (χ1) is 17.5. The summed E-state index contributed by atoms with van der Waals surface area (Å²) in [5, 5.41) is 2.72. The number of anilines is 2. The van der Waals surface area contributed by atoms with Gasteiger partial charge in [-0.25, -0.2) is 23.2 Å². The van der Waals surface area contributed by atoms with Crippen molar-refractivity contribution in [3.8, 4) is 0 Å². The molecule has 37 heavy (non-hydrogen) atoms. The molecule has 2 aromatic carbocycles. The van der Waals surface area contributed by atoms with Crippen molar-refractivity contribution in [1.29, 1.82) is 0 Å². The first-order valence-corrected chi connectivity index (χ1v) is 13.5. The van der Waals surface area contributed by atoms with Gasteiger partial charge in [-0.15, -0.1) is 0 Å². The lowest BCUT2D eigenvalue weighted by Crippen LogP contribution is -2.32. The molecular weight excluding hydrogens is 492 g/mol. The summed E-state index contributed by atoms with van der Waals surface area (Å²) in [6, 6.07) is 12.5. The zero-order chi connectivity index (χ0) is 27.2. The molecule has 0 aliphatic heterocycles. The number of hydrogen-bond acceptors (Lipinski definition) is 7. The zero-order valence-corrected chi connectivity index (χ0v) is 22.5. The molecule has 0 saturated heterocycles. The van der Waals surface area contributed by atoms with Crippen LogP contribution in [0.15, 0.2) is 53.4 Å². The smallest absolute Gasteiger partial charge is 0.338 e. The quantitative estimate of drug-likeness (QED) is 0.362. The zero-order valence-electron chi connectivity index (χ0n) is 21.7. The van der Waals surface area contributed by atoms with Gasteiger partial charge in [0.15, 0.2) is 6.10 Å². The number of esters is 1. The highest BCUT2D eigenvalue weighted by Gasteiger charge is 2.24. The summed E-state index contributed by atoms with van der Waals surface area (Å²) in [5.41, 5.74) is 3.41. The van der Waals surface area contributed by atoms with Crippen LogP contribution in [-0.4, -0.2) is 36.4 Å². The SMILES string of the molecule is CCCCC(OC(=O)c1ccc(C)c(C)c1)C(=O)Nc1ccc(S(=O)(=O)Nc2cc(C)nc(C)n2)cc1. The molecule has 3 aromatic rings. The van der Waals surface area contributed by atoms with Gasteiger partial charge in [0.25, 0.3) is 15.9 Å². The summed E-state index contributed by atoms with van der Waals surface area (Å²) in [5.74, 6) is -0.424. The first-order valence-electron chi connectivity index (χ1n) is 12.0. The summed E-state index contributed by atoms with van der Waals surface area (Å²) in [6.07, 6.45) is 0.912. The molecule has 1 atom stereocenters. The minimum absolute atomic E-state index is 0.00289. The number of unbranched alkanes of at least 4 members (excludes halogenated alkanes) is 1. The van der Waals surface area contributed by atoms with Crippen molar-refractivity contribution in [2.24, 2.45) is 0 Å². The maximum Gasteiger partial charge on any atom is 0.338 e. The second-order valence-electron chi connectivity index (χ2n) is 8.90. The van der Waals surface area contributed by atoms with Crippen molar-refractivity contribution in [2.75, 3.05) is 10.0 Å². The molecule has 9 nitrogen and oxygen atoms in total. The van der Waals surface area contributed by atoms with Crippen LogP contribution in [-0.2, 0) is 19.6 Å². The van der Waals surface area contributed by atoms with Crippen LogP contribution in [0.3, 0.4) is 0 Å². The molecule has 1 amide bonds. The maximum absolute atomic E-state index is 13.0. The number of nitrogens with one attached hydrogen (secondary N) is 2. The molecule has 0 aliphatic rings. The minimum Gasteiger partial charge on any atom is -0.449 e. The van der Waals surface area contributed by atoms with Gasteiger partial charge in [-0.3, -0.25) is 9.52 Å². The van der Waals surface area contributed by atoms with Gasteiger partial charge < -0.3 is 10.1 Å². The summed E-state index contributed by atoms with van der Waals surface area (Å²) in [6.45, 7) is 9.26. The van der Waals surface area contributed by atoms with Crippen molar-refractivity contribution in [2.45, 2.75) is 64.9 Å². The number of aryl methyl sites for hydroxylation is 4. The molecule has 196 valence electrons. The molecule has 0 spiro atoms. The molecule has 0 aliphatic carbocycles. The van der Waals surface area contributed by atoms with Crippen molar-refractivity contribution >= 4 is 33.4 Å². The lowest BCUT2D eigenvalue weighted by molar-refractivity contribution is -0.125. The number of rotatable bonds is 10. The summed E-state index contributed by atoms with van der Waals surface area (Å²) >= 11 is 0. The summed E-state index contributed by atoms with van der Waals surface area (Å²) < 4.78 is 33.5. The number of hydrogen-bond donors (Lipinski definition) is 2. The van der Waals surface area contributed by atoms with E-state index < -0.39 is 28.0 Å². The second-order valence-corrected chi connectivity index (χ2v) is 10.6. The van der Waals surface area contributed by atoms with E-state index >= 15 is 0 Å². The predicted molar refractivity (Wildman–Crippen MR) is 142 cm³/mol. The number of aromatic nitrogens is 2. The lowest BCUT2D eigenvalue weighted by atomic mass is 10.1. The average molecular weight is 525 g/mol. The average Bonchev–Trinajstić information content (AvgIpc) is 2.82. The Kier molecular flexibility index (Phi) is 8.99. The second kappa shape index (κ2) is 12.0. The number of amides is 1. The molecule has 3 rings (SSSR count). The van der Waals surface area contributed by atoms with Gasteiger partial charge in [0.05, 0.1) is 10.5 Å². The third kappa shape index (κ3) is 7.60. The number of carbonyl (C=O) groups is 2. The molecule has 10 heteroatoms. The van der Waals surface area contributed by atoms with Gasteiger partial charge in [0.2, 0.25) is 0 Å². The fourth-order valence-corrected chi connectivity index (χ4v) is 4.60. The van der Waals surface area contributed by atoms with Crippen LogP contribution in [0.4, 0.5) is 11.5 Å². The Balaban J connectivity index is 1.70. The lowest BCUT2D eigenvalue weighted by Gasteiger charge is -2.18. The molecule has 1 heterocycles. The van der Waals surface area contributed by atoms with E-state index in [2.05, 4.69) is 20.0 Å².